The normalized spacial score (nSPS) is 14.9. The van der Waals surface area contributed by atoms with E-state index in [1.165, 1.54) is 7.11 Å². The summed E-state index contributed by atoms with van der Waals surface area (Å²) in [4.78, 5) is 36.5. The summed E-state index contributed by atoms with van der Waals surface area (Å²) in [7, 11) is 1.26. The van der Waals surface area contributed by atoms with E-state index in [2.05, 4.69) is 22.8 Å². The Morgan fingerprint density at radius 1 is 1.03 bits per heavy atom. The Balaban J connectivity index is 1.64. The van der Waals surface area contributed by atoms with Gasteiger partial charge in [0, 0.05) is 13.0 Å². The van der Waals surface area contributed by atoms with Gasteiger partial charge >= 0.3 is 12.1 Å². The second kappa shape index (κ2) is 11.7. The monoisotopic (exact) mass is 468 g/mol. The van der Waals surface area contributed by atoms with E-state index < -0.39 is 30.1 Å². The van der Waals surface area contributed by atoms with Crippen LogP contribution in [0.5, 0.6) is 0 Å². The summed E-state index contributed by atoms with van der Waals surface area (Å²) >= 11 is 0. The fourth-order valence-corrected chi connectivity index (χ4v) is 4.17. The summed E-state index contributed by atoms with van der Waals surface area (Å²) < 4.78 is 10.4. The zero-order valence-electron chi connectivity index (χ0n) is 19.7. The highest BCUT2D eigenvalue weighted by atomic mass is 16.5. The van der Waals surface area contributed by atoms with Crippen LogP contribution in [0.1, 0.15) is 43.7 Å². The maximum atomic E-state index is 12.7. The Hall–Kier alpha value is -3.39. The number of carbonyl (C=O) groups is 3. The zero-order chi connectivity index (χ0) is 24.7. The number of ether oxygens (including phenoxy) is 2. The standard InChI is InChI=1S/C26H32N2O6/c1-4-16(2)13-22(24(29)27-14-23(33-3)25(30)31)28-26(32)34-15-21-19-11-7-5-9-17(19)18-10-6-8-12-20(18)21/h5-12,16,21-23H,4,13-15H2,1-3H3,(H,27,29)(H,28,32)(H,30,31). The van der Waals surface area contributed by atoms with Gasteiger partial charge in [0.15, 0.2) is 6.10 Å². The first-order valence-corrected chi connectivity index (χ1v) is 11.5. The number of carboxylic acids is 1. The minimum Gasteiger partial charge on any atom is -0.479 e. The van der Waals surface area contributed by atoms with Crippen molar-refractivity contribution in [2.75, 3.05) is 20.3 Å². The molecule has 1 aliphatic carbocycles. The van der Waals surface area contributed by atoms with E-state index in [0.717, 1.165) is 28.7 Å². The van der Waals surface area contributed by atoms with Crippen LogP contribution in [0.3, 0.4) is 0 Å². The van der Waals surface area contributed by atoms with Crippen LogP contribution in [-0.2, 0) is 19.1 Å². The average molecular weight is 469 g/mol. The maximum Gasteiger partial charge on any atom is 0.407 e. The SMILES string of the molecule is CCC(C)CC(NC(=O)OCC1c2ccccc2-c2ccccc21)C(=O)NCC(OC)C(=O)O. The molecule has 0 saturated carbocycles. The minimum atomic E-state index is -1.18. The molecular weight excluding hydrogens is 436 g/mol. The van der Waals surface area contributed by atoms with E-state index >= 15 is 0 Å². The molecule has 8 heteroatoms. The van der Waals surface area contributed by atoms with Gasteiger partial charge in [0.2, 0.25) is 5.91 Å². The third-order valence-electron chi connectivity index (χ3n) is 6.31. The molecule has 1 aliphatic rings. The highest BCUT2D eigenvalue weighted by Crippen LogP contribution is 2.44. The highest BCUT2D eigenvalue weighted by Gasteiger charge is 2.30. The lowest BCUT2D eigenvalue weighted by Gasteiger charge is -2.22. The molecule has 3 atom stereocenters. The molecule has 34 heavy (non-hydrogen) atoms. The van der Waals surface area contributed by atoms with E-state index in [1.54, 1.807) is 0 Å². The zero-order valence-corrected chi connectivity index (χ0v) is 19.7. The number of fused-ring (bicyclic) bond motifs is 3. The molecule has 2 amide bonds. The number of carbonyl (C=O) groups excluding carboxylic acids is 2. The summed E-state index contributed by atoms with van der Waals surface area (Å²) in [6.45, 7) is 3.92. The summed E-state index contributed by atoms with van der Waals surface area (Å²) in [5.74, 6) is -1.57. The Morgan fingerprint density at radius 3 is 2.15 bits per heavy atom. The molecule has 8 nitrogen and oxygen atoms in total. The second-order valence-corrected chi connectivity index (χ2v) is 8.58. The number of benzene rings is 2. The molecule has 0 bridgehead atoms. The highest BCUT2D eigenvalue weighted by molar-refractivity contribution is 5.86. The van der Waals surface area contributed by atoms with E-state index in [-0.39, 0.29) is 25.0 Å². The van der Waals surface area contributed by atoms with Crippen molar-refractivity contribution in [3.63, 3.8) is 0 Å². The van der Waals surface area contributed by atoms with Crippen molar-refractivity contribution in [2.24, 2.45) is 5.92 Å². The molecule has 0 heterocycles. The molecular formula is C26H32N2O6. The van der Waals surface area contributed by atoms with Crippen LogP contribution in [0.25, 0.3) is 11.1 Å². The molecule has 0 saturated heterocycles. The minimum absolute atomic E-state index is 0.0852. The summed E-state index contributed by atoms with van der Waals surface area (Å²) in [6.07, 6.45) is -0.627. The molecule has 182 valence electrons. The van der Waals surface area contributed by atoms with Crippen molar-refractivity contribution in [3.8, 4) is 11.1 Å². The van der Waals surface area contributed by atoms with Crippen LogP contribution >= 0.6 is 0 Å². The molecule has 3 rings (SSSR count). The van der Waals surface area contributed by atoms with E-state index in [1.807, 2.05) is 50.2 Å². The van der Waals surface area contributed by atoms with Gasteiger partial charge < -0.3 is 25.2 Å². The third kappa shape index (κ3) is 5.94. The Kier molecular flexibility index (Phi) is 8.65. The maximum absolute atomic E-state index is 12.7. The van der Waals surface area contributed by atoms with Crippen LogP contribution < -0.4 is 10.6 Å². The quantitative estimate of drug-likeness (QED) is 0.465. The van der Waals surface area contributed by atoms with Crippen molar-refractivity contribution in [1.82, 2.24) is 10.6 Å². The van der Waals surface area contributed by atoms with Crippen molar-refractivity contribution in [2.45, 2.75) is 44.8 Å². The first kappa shape index (κ1) is 25.2. The molecule has 3 unspecified atom stereocenters. The average Bonchev–Trinajstić information content (AvgIpc) is 3.16. The predicted molar refractivity (Wildman–Crippen MR) is 128 cm³/mol. The van der Waals surface area contributed by atoms with Crippen molar-refractivity contribution < 1.29 is 29.0 Å². The van der Waals surface area contributed by atoms with Crippen LogP contribution in [-0.4, -0.2) is 55.5 Å². The fraction of sp³-hybridized carbons (Fsp3) is 0.423. The number of hydrogen-bond acceptors (Lipinski definition) is 5. The molecule has 0 aromatic heterocycles. The van der Waals surface area contributed by atoms with Crippen LogP contribution in [0, 0.1) is 5.92 Å². The number of methoxy groups -OCH3 is 1. The smallest absolute Gasteiger partial charge is 0.407 e. The van der Waals surface area contributed by atoms with Gasteiger partial charge in [-0.1, -0.05) is 68.8 Å². The number of nitrogens with one attached hydrogen (secondary N) is 2. The van der Waals surface area contributed by atoms with Crippen LogP contribution in [0.2, 0.25) is 0 Å². The fourth-order valence-electron chi connectivity index (χ4n) is 4.17. The van der Waals surface area contributed by atoms with Gasteiger partial charge in [-0.15, -0.1) is 0 Å². The van der Waals surface area contributed by atoms with Gasteiger partial charge in [0.05, 0.1) is 6.54 Å². The van der Waals surface area contributed by atoms with Gasteiger partial charge in [-0.25, -0.2) is 9.59 Å². The molecule has 0 radical (unpaired) electrons. The molecule has 0 spiro atoms. The first-order valence-electron chi connectivity index (χ1n) is 11.5. The molecule has 2 aromatic carbocycles. The Morgan fingerprint density at radius 2 is 1.62 bits per heavy atom. The number of alkyl carbamates (subject to hydrolysis) is 1. The molecule has 2 aromatic rings. The van der Waals surface area contributed by atoms with Gasteiger partial charge in [-0.05, 0) is 34.6 Å². The summed E-state index contributed by atoms with van der Waals surface area (Å²) in [5.41, 5.74) is 4.47. The van der Waals surface area contributed by atoms with Gasteiger partial charge in [-0.3, -0.25) is 4.79 Å². The Bertz CT molecular complexity index is 978. The van der Waals surface area contributed by atoms with Gasteiger partial charge in [0.25, 0.3) is 0 Å². The lowest BCUT2D eigenvalue weighted by molar-refractivity contribution is -0.148. The van der Waals surface area contributed by atoms with E-state index in [9.17, 15) is 14.4 Å². The van der Waals surface area contributed by atoms with Gasteiger partial charge in [0.1, 0.15) is 12.6 Å². The van der Waals surface area contributed by atoms with Crippen LogP contribution in [0.15, 0.2) is 48.5 Å². The lowest BCUT2D eigenvalue weighted by Crippen LogP contribution is -2.50. The first-order chi connectivity index (χ1) is 16.3. The summed E-state index contributed by atoms with van der Waals surface area (Å²) in [6, 6.07) is 15.3. The number of carboxylic acid groups (broad SMARTS) is 1. The number of aliphatic carboxylic acids is 1. The largest absolute Gasteiger partial charge is 0.479 e. The topological polar surface area (TPSA) is 114 Å². The number of rotatable bonds is 11. The third-order valence-corrected chi connectivity index (χ3v) is 6.31. The summed E-state index contributed by atoms with van der Waals surface area (Å²) in [5, 5.41) is 14.3. The Labute approximate surface area is 199 Å². The molecule has 3 N–H and O–H groups in total. The number of hydrogen-bond donors (Lipinski definition) is 3. The van der Waals surface area contributed by atoms with Gasteiger partial charge in [-0.2, -0.15) is 0 Å². The lowest BCUT2D eigenvalue weighted by atomic mass is 9.98. The van der Waals surface area contributed by atoms with Crippen molar-refractivity contribution in [1.29, 1.82) is 0 Å². The van der Waals surface area contributed by atoms with Crippen molar-refractivity contribution >= 4 is 18.0 Å². The second-order valence-electron chi connectivity index (χ2n) is 8.58. The molecule has 0 aliphatic heterocycles. The number of amides is 2. The predicted octanol–water partition coefficient (Wildman–Crippen LogP) is 3.55. The van der Waals surface area contributed by atoms with Crippen molar-refractivity contribution in [3.05, 3.63) is 59.7 Å². The van der Waals surface area contributed by atoms with Crippen LogP contribution in [0.4, 0.5) is 4.79 Å². The van der Waals surface area contributed by atoms with E-state index in [4.69, 9.17) is 14.6 Å². The van der Waals surface area contributed by atoms with E-state index in [0.29, 0.717) is 6.42 Å². The molecule has 0 fully saturated rings.